The summed E-state index contributed by atoms with van der Waals surface area (Å²) in [6.45, 7) is 8.60. The van der Waals surface area contributed by atoms with Gasteiger partial charge in [0, 0.05) is 12.8 Å². The van der Waals surface area contributed by atoms with E-state index in [0.717, 1.165) is 22.3 Å². The lowest BCUT2D eigenvalue weighted by molar-refractivity contribution is 0.238. The third kappa shape index (κ3) is 7.10. The molecule has 34 heavy (non-hydrogen) atoms. The standard InChI is InChI=1S/C32H34O2/c1-23(2)25-15-19-29(20-16-25)31(33)13-7-11-27-9-5-6-10-28(27)12-8-14-32(34)30-21-17-26(18-22-30)24(3)4/h5-6,9-10,15-24,31-34H,11-12H2,1-4H3. The highest BCUT2D eigenvalue weighted by Crippen LogP contribution is 2.20. The fourth-order valence-electron chi connectivity index (χ4n) is 3.68. The van der Waals surface area contributed by atoms with Crippen LogP contribution >= 0.6 is 0 Å². The molecule has 3 rings (SSSR count). The molecular weight excluding hydrogens is 416 g/mol. The topological polar surface area (TPSA) is 40.5 Å². The van der Waals surface area contributed by atoms with Gasteiger partial charge in [-0.2, -0.15) is 0 Å². The van der Waals surface area contributed by atoms with Gasteiger partial charge in [-0.3, -0.25) is 0 Å². The zero-order valence-corrected chi connectivity index (χ0v) is 20.5. The van der Waals surface area contributed by atoms with Crippen molar-refractivity contribution in [1.82, 2.24) is 0 Å². The normalized spacial score (nSPS) is 12.5. The molecule has 0 fully saturated rings. The van der Waals surface area contributed by atoms with Crippen LogP contribution in [0.4, 0.5) is 0 Å². The van der Waals surface area contributed by atoms with Crippen LogP contribution in [0.5, 0.6) is 0 Å². The molecule has 0 aliphatic heterocycles. The summed E-state index contributed by atoms with van der Waals surface area (Å²) >= 11 is 0. The van der Waals surface area contributed by atoms with E-state index in [1.54, 1.807) is 0 Å². The Balaban J connectivity index is 1.62. The Morgan fingerprint density at radius 1 is 0.529 bits per heavy atom. The minimum absolute atomic E-state index is 0.461. The third-order valence-electron chi connectivity index (χ3n) is 5.99. The second-order valence-corrected chi connectivity index (χ2v) is 9.21. The van der Waals surface area contributed by atoms with Crippen molar-refractivity contribution in [2.24, 2.45) is 0 Å². The Bertz CT molecular complexity index is 1080. The largest absolute Gasteiger partial charge is 0.376 e. The van der Waals surface area contributed by atoms with Crippen LogP contribution in [0.15, 0.2) is 72.8 Å². The van der Waals surface area contributed by atoms with Gasteiger partial charge in [0.15, 0.2) is 0 Å². The molecule has 0 spiro atoms. The van der Waals surface area contributed by atoms with E-state index in [1.165, 1.54) is 11.1 Å². The van der Waals surface area contributed by atoms with Crippen LogP contribution in [-0.2, 0) is 12.8 Å². The number of aliphatic hydroxyl groups excluding tert-OH is 2. The second kappa shape index (κ2) is 12.2. The van der Waals surface area contributed by atoms with Crippen LogP contribution in [0.2, 0.25) is 0 Å². The average molecular weight is 451 g/mol. The summed E-state index contributed by atoms with van der Waals surface area (Å²) in [7, 11) is 0. The first-order chi connectivity index (χ1) is 16.3. The number of hydrogen-bond donors (Lipinski definition) is 2. The minimum atomic E-state index is -0.801. The summed E-state index contributed by atoms with van der Waals surface area (Å²) in [4.78, 5) is 0. The van der Waals surface area contributed by atoms with Gasteiger partial charge >= 0.3 is 0 Å². The van der Waals surface area contributed by atoms with Crippen molar-refractivity contribution >= 4 is 0 Å². The summed E-state index contributed by atoms with van der Waals surface area (Å²) in [6, 6.07) is 24.0. The van der Waals surface area contributed by atoms with E-state index in [2.05, 4.69) is 51.4 Å². The van der Waals surface area contributed by atoms with Crippen molar-refractivity contribution in [1.29, 1.82) is 0 Å². The van der Waals surface area contributed by atoms with Crippen molar-refractivity contribution < 1.29 is 10.2 Å². The molecule has 0 aromatic heterocycles. The van der Waals surface area contributed by atoms with E-state index >= 15 is 0 Å². The lowest BCUT2D eigenvalue weighted by Crippen LogP contribution is -1.97. The molecule has 0 heterocycles. The molecule has 0 amide bonds. The SMILES string of the molecule is CC(C)c1ccc(C(O)C#CCc2ccccc2CC#CC(O)c2ccc(C(C)C)cc2)cc1. The van der Waals surface area contributed by atoms with E-state index in [-0.39, 0.29) is 0 Å². The fourth-order valence-corrected chi connectivity index (χ4v) is 3.68. The maximum atomic E-state index is 10.4. The first-order valence-electron chi connectivity index (χ1n) is 11.9. The molecule has 0 bridgehead atoms. The van der Waals surface area contributed by atoms with Crippen molar-refractivity contribution in [3.05, 3.63) is 106 Å². The van der Waals surface area contributed by atoms with Gasteiger partial charge in [-0.05, 0) is 45.2 Å². The molecule has 3 aromatic carbocycles. The van der Waals surface area contributed by atoms with Crippen LogP contribution in [0.1, 0.15) is 85.1 Å². The zero-order valence-electron chi connectivity index (χ0n) is 20.5. The fraction of sp³-hybridized carbons (Fsp3) is 0.312. The van der Waals surface area contributed by atoms with Crippen LogP contribution in [-0.4, -0.2) is 10.2 Å². The van der Waals surface area contributed by atoms with Crippen molar-refractivity contribution in [2.45, 2.75) is 64.6 Å². The number of rotatable bonds is 6. The van der Waals surface area contributed by atoms with Crippen molar-refractivity contribution in [3.63, 3.8) is 0 Å². The second-order valence-electron chi connectivity index (χ2n) is 9.21. The molecule has 2 unspecified atom stereocenters. The molecular formula is C32H34O2. The van der Waals surface area contributed by atoms with E-state index in [0.29, 0.717) is 24.7 Å². The Kier molecular flexibility index (Phi) is 9.12. The van der Waals surface area contributed by atoms with E-state index in [1.807, 2.05) is 72.8 Å². The van der Waals surface area contributed by atoms with Gasteiger partial charge in [0.1, 0.15) is 12.2 Å². The number of aliphatic hydroxyl groups is 2. The molecule has 0 radical (unpaired) electrons. The van der Waals surface area contributed by atoms with Crippen LogP contribution in [0, 0.1) is 23.7 Å². The third-order valence-corrected chi connectivity index (χ3v) is 5.99. The lowest BCUT2D eigenvalue weighted by atomic mass is 9.99. The molecule has 0 aliphatic carbocycles. The average Bonchev–Trinajstić information content (AvgIpc) is 2.85. The number of benzene rings is 3. The van der Waals surface area contributed by atoms with Gasteiger partial charge < -0.3 is 10.2 Å². The van der Waals surface area contributed by atoms with Crippen molar-refractivity contribution in [2.75, 3.05) is 0 Å². The minimum Gasteiger partial charge on any atom is -0.376 e. The molecule has 0 saturated heterocycles. The first-order valence-corrected chi connectivity index (χ1v) is 11.9. The highest BCUT2D eigenvalue weighted by atomic mass is 16.3. The summed E-state index contributed by atoms with van der Waals surface area (Å²) < 4.78 is 0. The van der Waals surface area contributed by atoms with Crippen LogP contribution in [0.25, 0.3) is 0 Å². The lowest BCUT2D eigenvalue weighted by Gasteiger charge is -2.08. The van der Waals surface area contributed by atoms with E-state index in [4.69, 9.17) is 0 Å². The van der Waals surface area contributed by atoms with Gasteiger partial charge in [-0.1, -0.05) is 124 Å². The Morgan fingerprint density at radius 2 is 0.853 bits per heavy atom. The Labute approximate surface area is 204 Å². The smallest absolute Gasteiger partial charge is 0.140 e. The molecule has 2 N–H and O–H groups in total. The molecule has 174 valence electrons. The number of hydrogen-bond acceptors (Lipinski definition) is 2. The Hall–Kier alpha value is -3.30. The zero-order chi connectivity index (χ0) is 24.5. The van der Waals surface area contributed by atoms with Gasteiger partial charge in [0.2, 0.25) is 0 Å². The highest BCUT2D eigenvalue weighted by molar-refractivity contribution is 5.36. The Morgan fingerprint density at radius 3 is 1.18 bits per heavy atom. The van der Waals surface area contributed by atoms with Crippen LogP contribution in [0.3, 0.4) is 0 Å². The molecule has 2 atom stereocenters. The maximum Gasteiger partial charge on any atom is 0.140 e. The van der Waals surface area contributed by atoms with E-state index < -0.39 is 12.2 Å². The van der Waals surface area contributed by atoms with Gasteiger partial charge in [0.25, 0.3) is 0 Å². The molecule has 2 heteroatoms. The van der Waals surface area contributed by atoms with E-state index in [9.17, 15) is 10.2 Å². The predicted octanol–water partition coefficient (Wildman–Crippen LogP) is 6.49. The van der Waals surface area contributed by atoms with Crippen LogP contribution < -0.4 is 0 Å². The maximum absolute atomic E-state index is 10.4. The molecule has 2 nitrogen and oxygen atoms in total. The highest BCUT2D eigenvalue weighted by Gasteiger charge is 2.07. The summed E-state index contributed by atoms with van der Waals surface area (Å²) in [6.07, 6.45) is -0.521. The van der Waals surface area contributed by atoms with Gasteiger partial charge in [0.05, 0.1) is 0 Å². The van der Waals surface area contributed by atoms with Gasteiger partial charge in [-0.25, -0.2) is 0 Å². The van der Waals surface area contributed by atoms with Crippen molar-refractivity contribution in [3.8, 4) is 23.7 Å². The summed E-state index contributed by atoms with van der Waals surface area (Å²) in [5.74, 6) is 13.1. The summed E-state index contributed by atoms with van der Waals surface area (Å²) in [5, 5.41) is 20.9. The van der Waals surface area contributed by atoms with Gasteiger partial charge in [-0.15, -0.1) is 0 Å². The molecule has 0 saturated carbocycles. The first kappa shape index (κ1) is 25.3. The monoisotopic (exact) mass is 450 g/mol. The quantitative estimate of drug-likeness (QED) is 0.421. The predicted molar refractivity (Wildman–Crippen MR) is 140 cm³/mol. The summed E-state index contributed by atoms with van der Waals surface area (Å²) in [5.41, 5.74) is 6.29. The molecule has 3 aromatic rings. The molecule has 0 aliphatic rings.